The first kappa shape index (κ1) is 18.8. The Morgan fingerprint density at radius 1 is 1.12 bits per heavy atom. The summed E-state index contributed by atoms with van der Waals surface area (Å²) in [7, 11) is 4.07. The first-order valence-electron chi connectivity index (χ1n) is 9.87. The van der Waals surface area contributed by atoms with E-state index < -0.39 is 0 Å². The van der Waals surface area contributed by atoms with Crippen LogP contribution in [0.25, 0.3) is 10.8 Å². The van der Waals surface area contributed by atoms with E-state index in [1.165, 1.54) is 32.1 Å². The lowest BCUT2D eigenvalue weighted by molar-refractivity contribution is -0.129. The van der Waals surface area contributed by atoms with Crippen molar-refractivity contribution in [3.63, 3.8) is 0 Å². The lowest BCUT2D eigenvalue weighted by Crippen LogP contribution is -2.36. The van der Waals surface area contributed by atoms with Crippen LogP contribution in [0.1, 0.15) is 37.7 Å². The van der Waals surface area contributed by atoms with Crippen LogP contribution in [0.5, 0.6) is 0 Å². The van der Waals surface area contributed by atoms with E-state index >= 15 is 0 Å². The van der Waals surface area contributed by atoms with E-state index in [0.717, 1.165) is 41.9 Å². The number of carbonyl (C=O) groups is 1. The average molecular weight is 354 g/mol. The van der Waals surface area contributed by atoms with Gasteiger partial charge in [-0.1, -0.05) is 43.5 Å². The van der Waals surface area contributed by atoms with Gasteiger partial charge in [-0.2, -0.15) is 0 Å². The van der Waals surface area contributed by atoms with Crippen molar-refractivity contribution in [1.29, 1.82) is 0 Å². The van der Waals surface area contributed by atoms with Gasteiger partial charge < -0.3 is 9.80 Å². The Balaban J connectivity index is 1.43. The number of hydrogen-bond donors (Lipinski definition) is 0. The molecule has 4 heteroatoms. The van der Waals surface area contributed by atoms with E-state index in [1.54, 1.807) is 0 Å². The second-order valence-electron chi connectivity index (χ2n) is 7.75. The van der Waals surface area contributed by atoms with E-state index in [2.05, 4.69) is 23.0 Å². The van der Waals surface area contributed by atoms with E-state index in [-0.39, 0.29) is 5.91 Å². The molecule has 3 rings (SSSR count). The molecule has 0 bridgehead atoms. The first-order valence-corrected chi connectivity index (χ1v) is 9.87. The standard InChI is InChI=1S/C22H31N3O/c1-24(12-6-9-18-7-5-8-18)13-14-25(2)22(26)15-20-17-23-16-19-10-3-4-11-21(19)20/h3-4,10-11,16-18H,5-9,12-15H2,1-2H3. The summed E-state index contributed by atoms with van der Waals surface area (Å²) in [6.07, 6.45) is 11.0. The number of aromatic nitrogens is 1. The molecule has 1 saturated carbocycles. The Labute approximate surface area is 157 Å². The van der Waals surface area contributed by atoms with Crippen molar-refractivity contribution >= 4 is 16.7 Å². The summed E-state index contributed by atoms with van der Waals surface area (Å²) in [5.74, 6) is 1.15. The van der Waals surface area contributed by atoms with Gasteiger partial charge >= 0.3 is 0 Å². The minimum Gasteiger partial charge on any atom is -0.344 e. The molecule has 1 fully saturated rings. The molecule has 140 valence electrons. The fourth-order valence-corrected chi connectivity index (χ4v) is 3.61. The van der Waals surface area contributed by atoms with Crippen LogP contribution in [0.4, 0.5) is 0 Å². The zero-order valence-corrected chi connectivity index (χ0v) is 16.2. The fraction of sp³-hybridized carbons (Fsp3) is 0.545. The Morgan fingerprint density at radius 2 is 1.92 bits per heavy atom. The summed E-state index contributed by atoms with van der Waals surface area (Å²) < 4.78 is 0. The predicted molar refractivity (Wildman–Crippen MR) is 107 cm³/mol. The molecule has 0 aliphatic heterocycles. The number of fused-ring (bicyclic) bond motifs is 1. The molecule has 0 atom stereocenters. The topological polar surface area (TPSA) is 36.4 Å². The zero-order chi connectivity index (χ0) is 18.4. The zero-order valence-electron chi connectivity index (χ0n) is 16.2. The third-order valence-electron chi connectivity index (χ3n) is 5.71. The van der Waals surface area contributed by atoms with Gasteiger partial charge in [-0.25, -0.2) is 0 Å². The van der Waals surface area contributed by atoms with Crippen LogP contribution in [-0.4, -0.2) is 54.4 Å². The van der Waals surface area contributed by atoms with E-state index in [4.69, 9.17) is 0 Å². The molecule has 0 unspecified atom stereocenters. The maximum absolute atomic E-state index is 12.6. The highest BCUT2D eigenvalue weighted by Gasteiger charge is 2.17. The van der Waals surface area contributed by atoms with Crippen molar-refractivity contribution in [2.75, 3.05) is 33.7 Å². The second-order valence-corrected chi connectivity index (χ2v) is 7.75. The monoisotopic (exact) mass is 353 g/mol. The summed E-state index contributed by atoms with van der Waals surface area (Å²) >= 11 is 0. The van der Waals surface area contributed by atoms with Crippen molar-refractivity contribution in [3.05, 3.63) is 42.2 Å². The third-order valence-corrected chi connectivity index (χ3v) is 5.71. The molecule has 0 saturated heterocycles. The van der Waals surface area contributed by atoms with Gasteiger partial charge in [0.15, 0.2) is 0 Å². The molecule has 1 amide bonds. The van der Waals surface area contributed by atoms with Crippen LogP contribution in [0, 0.1) is 5.92 Å². The quantitative estimate of drug-likeness (QED) is 0.689. The molecule has 0 spiro atoms. The summed E-state index contributed by atoms with van der Waals surface area (Å²) in [6.45, 7) is 2.84. The first-order chi connectivity index (χ1) is 12.6. The van der Waals surface area contributed by atoms with Crippen molar-refractivity contribution in [1.82, 2.24) is 14.8 Å². The van der Waals surface area contributed by atoms with Gasteiger partial charge in [-0.3, -0.25) is 9.78 Å². The minimum atomic E-state index is 0.158. The predicted octanol–water partition coefficient (Wildman–Crippen LogP) is 3.75. The van der Waals surface area contributed by atoms with Gasteiger partial charge in [0.05, 0.1) is 6.42 Å². The molecule has 4 nitrogen and oxygen atoms in total. The molecule has 1 aromatic heterocycles. The number of carbonyl (C=O) groups excluding carboxylic acids is 1. The molecule has 1 heterocycles. The van der Waals surface area contributed by atoms with Gasteiger partial charge in [-0.05, 0) is 43.3 Å². The Hall–Kier alpha value is -1.94. The van der Waals surface area contributed by atoms with Gasteiger partial charge in [0, 0.05) is 37.9 Å². The number of pyridine rings is 1. The largest absolute Gasteiger partial charge is 0.344 e. The van der Waals surface area contributed by atoms with E-state index in [0.29, 0.717) is 6.42 Å². The number of benzene rings is 1. The average Bonchev–Trinajstić information content (AvgIpc) is 2.62. The Kier molecular flexibility index (Phi) is 6.62. The van der Waals surface area contributed by atoms with Crippen LogP contribution in [0.3, 0.4) is 0 Å². The smallest absolute Gasteiger partial charge is 0.226 e. The van der Waals surface area contributed by atoms with Gasteiger partial charge in [-0.15, -0.1) is 0 Å². The van der Waals surface area contributed by atoms with E-state index in [1.807, 2.05) is 42.5 Å². The maximum atomic E-state index is 12.6. The van der Waals surface area contributed by atoms with Crippen molar-refractivity contribution in [2.45, 2.75) is 38.5 Å². The second kappa shape index (κ2) is 9.13. The number of amides is 1. The summed E-state index contributed by atoms with van der Waals surface area (Å²) in [6, 6.07) is 8.12. The molecule has 1 aliphatic carbocycles. The Morgan fingerprint density at radius 3 is 2.69 bits per heavy atom. The van der Waals surface area contributed by atoms with Crippen LogP contribution < -0.4 is 0 Å². The van der Waals surface area contributed by atoms with Crippen molar-refractivity contribution in [2.24, 2.45) is 5.92 Å². The number of nitrogens with zero attached hydrogens (tertiary/aromatic N) is 3. The van der Waals surface area contributed by atoms with Crippen LogP contribution >= 0.6 is 0 Å². The highest BCUT2D eigenvalue weighted by atomic mass is 16.2. The molecular formula is C22H31N3O. The summed E-state index contributed by atoms with van der Waals surface area (Å²) in [5, 5.41) is 2.21. The molecule has 0 radical (unpaired) electrons. The van der Waals surface area contributed by atoms with Crippen molar-refractivity contribution < 1.29 is 4.79 Å². The van der Waals surface area contributed by atoms with Crippen LogP contribution in [-0.2, 0) is 11.2 Å². The molecule has 1 aliphatic rings. The molecular weight excluding hydrogens is 322 g/mol. The van der Waals surface area contributed by atoms with Gasteiger partial charge in [0.1, 0.15) is 0 Å². The lowest BCUT2D eigenvalue weighted by Gasteiger charge is -2.27. The minimum absolute atomic E-state index is 0.158. The maximum Gasteiger partial charge on any atom is 0.226 e. The number of rotatable bonds is 9. The lowest BCUT2D eigenvalue weighted by atomic mass is 9.82. The number of likely N-dealkylation sites (N-methyl/N-ethyl adjacent to an activating group) is 2. The molecule has 0 N–H and O–H groups in total. The Bertz CT molecular complexity index is 721. The highest BCUT2D eigenvalue weighted by molar-refractivity contribution is 5.89. The van der Waals surface area contributed by atoms with Crippen LogP contribution in [0.2, 0.25) is 0 Å². The fourth-order valence-electron chi connectivity index (χ4n) is 3.61. The van der Waals surface area contributed by atoms with E-state index in [9.17, 15) is 4.79 Å². The molecule has 2 aromatic rings. The van der Waals surface area contributed by atoms with Crippen LogP contribution in [0.15, 0.2) is 36.7 Å². The van der Waals surface area contributed by atoms with Crippen molar-refractivity contribution in [3.8, 4) is 0 Å². The van der Waals surface area contributed by atoms with Gasteiger partial charge in [0.25, 0.3) is 0 Å². The summed E-state index contributed by atoms with van der Waals surface area (Å²) in [4.78, 5) is 21.1. The third kappa shape index (κ3) is 5.04. The highest BCUT2D eigenvalue weighted by Crippen LogP contribution is 2.30. The normalized spacial score (nSPS) is 14.6. The van der Waals surface area contributed by atoms with Gasteiger partial charge in [0.2, 0.25) is 5.91 Å². The SMILES string of the molecule is CN(CCCC1CCC1)CCN(C)C(=O)Cc1cncc2ccccc12. The summed E-state index contributed by atoms with van der Waals surface area (Å²) in [5.41, 5.74) is 1.01. The molecule has 26 heavy (non-hydrogen) atoms. The number of hydrogen-bond acceptors (Lipinski definition) is 3. The molecule has 1 aromatic carbocycles.